The van der Waals surface area contributed by atoms with Crippen LogP contribution < -0.4 is 10.1 Å². The third-order valence-corrected chi connectivity index (χ3v) is 4.26. The Balaban J connectivity index is 1.67. The van der Waals surface area contributed by atoms with Crippen molar-refractivity contribution in [3.05, 3.63) is 29.8 Å². The van der Waals surface area contributed by atoms with Gasteiger partial charge >= 0.3 is 0 Å². The zero-order valence-corrected chi connectivity index (χ0v) is 10.9. The Morgan fingerprint density at radius 3 is 2.94 bits per heavy atom. The predicted molar refractivity (Wildman–Crippen MR) is 70.0 cm³/mol. The molecule has 0 bridgehead atoms. The molecule has 1 N–H and O–H groups in total. The minimum absolute atomic E-state index is 0.0719. The van der Waals surface area contributed by atoms with Crippen LogP contribution in [0.3, 0.4) is 0 Å². The fourth-order valence-electron chi connectivity index (χ4n) is 2.30. The number of rotatable bonds is 3. The van der Waals surface area contributed by atoms with Crippen molar-refractivity contribution < 1.29 is 9.53 Å². The fraction of sp³-hybridized carbons (Fsp3) is 0.500. The quantitative estimate of drug-likeness (QED) is 0.851. The van der Waals surface area contributed by atoms with Crippen LogP contribution in [0.2, 0.25) is 0 Å². The number of amides is 1. The molecule has 0 radical (unpaired) electrons. The Kier molecular flexibility index (Phi) is 2.94. The van der Waals surface area contributed by atoms with E-state index in [4.69, 9.17) is 16.3 Å². The standard InChI is InChI=1S/C14H16ClNO2/c15-9-14(5-6-14)16-13(17)11-7-10-3-1-2-4-12(10)18-8-11/h1-4,11H,5-9H2,(H,16,17). The number of hydrogen-bond donors (Lipinski definition) is 1. The molecule has 1 unspecified atom stereocenters. The molecule has 1 atom stereocenters. The van der Waals surface area contributed by atoms with E-state index in [1.165, 1.54) is 0 Å². The summed E-state index contributed by atoms with van der Waals surface area (Å²) in [4.78, 5) is 12.2. The van der Waals surface area contributed by atoms with E-state index in [1.807, 2.05) is 24.3 Å². The number of ether oxygens (including phenoxy) is 1. The molecule has 18 heavy (non-hydrogen) atoms. The summed E-state index contributed by atoms with van der Waals surface area (Å²) >= 11 is 5.87. The monoisotopic (exact) mass is 265 g/mol. The highest BCUT2D eigenvalue weighted by atomic mass is 35.5. The van der Waals surface area contributed by atoms with Crippen LogP contribution in [0.15, 0.2) is 24.3 Å². The molecular weight excluding hydrogens is 250 g/mol. The van der Waals surface area contributed by atoms with Crippen LogP contribution >= 0.6 is 11.6 Å². The summed E-state index contributed by atoms with van der Waals surface area (Å²) in [5.41, 5.74) is 0.981. The van der Waals surface area contributed by atoms with Gasteiger partial charge in [0.1, 0.15) is 12.4 Å². The molecule has 0 aromatic heterocycles. The highest BCUT2D eigenvalue weighted by Gasteiger charge is 2.44. The maximum absolute atomic E-state index is 12.2. The molecule has 3 rings (SSSR count). The third-order valence-electron chi connectivity index (χ3n) is 3.75. The second-order valence-electron chi connectivity index (χ2n) is 5.22. The number of para-hydroxylation sites is 1. The van der Waals surface area contributed by atoms with Crippen molar-refractivity contribution in [1.29, 1.82) is 0 Å². The molecule has 0 spiro atoms. The summed E-state index contributed by atoms with van der Waals surface area (Å²) in [6, 6.07) is 7.89. The SMILES string of the molecule is O=C(NC1(CCl)CC1)C1COc2ccccc2C1. The van der Waals surface area contributed by atoms with Crippen molar-refractivity contribution in [3.8, 4) is 5.75 Å². The van der Waals surface area contributed by atoms with Crippen molar-refractivity contribution >= 4 is 17.5 Å². The number of hydrogen-bond acceptors (Lipinski definition) is 2. The molecule has 3 nitrogen and oxygen atoms in total. The van der Waals surface area contributed by atoms with Crippen molar-refractivity contribution in [2.75, 3.05) is 12.5 Å². The molecule has 1 aromatic carbocycles. The molecular formula is C14H16ClNO2. The molecule has 2 aliphatic rings. The van der Waals surface area contributed by atoms with Gasteiger partial charge in [-0.05, 0) is 30.9 Å². The van der Waals surface area contributed by atoms with Crippen LogP contribution in [0.25, 0.3) is 0 Å². The number of alkyl halides is 1. The lowest BCUT2D eigenvalue weighted by Gasteiger charge is -2.26. The van der Waals surface area contributed by atoms with Crippen molar-refractivity contribution in [2.45, 2.75) is 24.8 Å². The largest absolute Gasteiger partial charge is 0.492 e. The molecule has 1 fully saturated rings. The van der Waals surface area contributed by atoms with Gasteiger partial charge in [-0.15, -0.1) is 11.6 Å². The number of halogens is 1. The first-order chi connectivity index (χ1) is 8.72. The van der Waals surface area contributed by atoms with Crippen molar-refractivity contribution in [3.63, 3.8) is 0 Å². The molecule has 1 aliphatic carbocycles. The highest BCUT2D eigenvalue weighted by Crippen LogP contribution is 2.37. The molecule has 1 saturated carbocycles. The molecule has 1 heterocycles. The van der Waals surface area contributed by atoms with E-state index in [1.54, 1.807) is 0 Å². The second-order valence-corrected chi connectivity index (χ2v) is 5.49. The van der Waals surface area contributed by atoms with Crippen LogP contribution in [-0.4, -0.2) is 23.9 Å². The van der Waals surface area contributed by atoms with E-state index < -0.39 is 0 Å². The van der Waals surface area contributed by atoms with E-state index >= 15 is 0 Å². The summed E-state index contributed by atoms with van der Waals surface area (Å²) in [7, 11) is 0. The third kappa shape index (κ3) is 2.19. The lowest BCUT2D eigenvalue weighted by molar-refractivity contribution is -0.127. The van der Waals surface area contributed by atoms with Gasteiger partial charge in [-0.25, -0.2) is 0 Å². The van der Waals surface area contributed by atoms with E-state index in [2.05, 4.69) is 5.32 Å². The first-order valence-electron chi connectivity index (χ1n) is 6.31. The topological polar surface area (TPSA) is 38.3 Å². The minimum Gasteiger partial charge on any atom is -0.492 e. The fourth-order valence-corrected chi connectivity index (χ4v) is 2.64. The van der Waals surface area contributed by atoms with Crippen LogP contribution in [-0.2, 0) is 11.2 Å². The maximum atomic E-state index is 12.2. The average Bonchev–Trinajstić information content (AvgIpc) is 3.18. The first-order valence-corrected chi connectivity index (χ1v) is 6.85. The molecule has 0 saturated heterocycles. The van der Waals surface area contributed by atoms with Gasteiger partial charge in [0.15, 0.2) is 0 Å². The summed E-state index contributed by atoms with van der Waals surface area (Å²) in [5.74, 6) is 1.38. The molecule has 1 aliphatic heterocycles. The summed E-state index contributed by atoms with van der Waals surface area (Å²) in [6.07, 6.45) is 2.74. The normalized spacial score (nSPS) is 23.7. The lowest BCUT2D eigenvalue weighted by Crippen LogP contribution is -2.44. The van der Waals surface area contributed by atoms with Gasteiger partial charge in [-0.1, -0.05) is 18.2 Å². The second kappa shape index (κ2) is 4.47. The van der Waals surface area contributed by atoms with Crippen LogP contribution in [0.1, 0.15) is 18.4 Å². The Bertz CT molecular complexity index is 471. The number of fused-ring (bicyclic) bond motifs is 1. The van der Waals surface area contributed by atoms with Gasteiger partial charge in [0.25, 0.3) is 0 Å². The molecule has 96 valence electrons. The zero-order chi connectivity index (χ0) is 12.6. The summed E-state index contributed by atoms with van der Waals surface area (Å²) < 4.78 is 5.63. The summed E-state index contributed by atoms with van der Waals surface area (Å²) in [6.45, 7) is 0.460. The number of carbonyl (C=O) groups excluding carboxylic acids is 1. The Morgan fingerprint density at radius 2 is 2.22 bits per heavy atom. The van der Waals surface area contributed by atoms with Crippen molar-refractivity contribution in [2.24, 2.45) is 5.92 Å². The Morgan fingerprint density at radius 1 is 1.44 bits per heavy atom. The predicted octanol–water partition coefficient (Wildman–Crippen LogP) is 2.13. The average molecular weight is 266 g/mol. The van der Waals surface area contributed by atoms with Gasteiger partial charge in [0.2, 0.25) is 5.91 Å². The van der Waals surface area contributed by atoms with Crippen molar-refractivity contribution in [1.82, 2.24) is 5.32 Å². The summed E-state index contributed by atoms with van der Waals surface area (Å²) in [5, 5.41) is 3.07. The first kappa shape index (κ1) is 11.8. The van der Waals surface area contributed by atoms with E-state index in [-0.39, 0.29) is 17.4 Å². The number of nitrogens with one attached hydrogen (secondary N) is 1. The van der Waals surface area contributed by atoms with Crippen LogP contribution in [0.5, 0.6) is 5.75 Å². The van der Waals surface area contributed by atoms with Crippen LogP contribution in [0, 0.1) is 5.92 Å². The van der Waals surface area contributed by atoms with Gasteiger partial charge in [-0.2, -0.15) is 0 Å². The maximum Gasteiger partial charge on any atom is 0.227 e. The molecule has 1 aromatic rings. The number of carbonyl (C=O) groups is 1. The Labute approximate surface area is 111 Å². The van der Waals surface area contributed by atoms with Gasteiger partial charge in [-0.3, -0.25) is 4.79 Å². The van der Waals surface area contributed by atoms with Gasteiger partial charge < -0.3 is 10.1 Å². The van der Waals surface area contributed by atoms with E-state index in [0.717, 1.165) is 30.6 Å². The smallest absolute Gasteiger partial charge is 0.227 e. The van der Waals surface area contributed by atoms with Gasteiger partial charge in [0, 0.05) is 5.88 Å². The van der Waals surface area contributed by atoms with Crippen LogP contribution in [0.4, 0.5) is 0 Å². The van der Waals surface area contributed by atoms with Gasteiger partial charge in [0.05, 0.1) is 11.5 Å². The lowest BCUT2D eigenvalue weighted by atomic mass is 9.96. The van der Waals surface area contributed by atoms with E-state index in [9.17, 15) is 4.79 Å². The highest BCUT2D eigenvalue weighted by molar-refractivity contribution is 6.19. The Hall–Kier alpha value is -1.22. The minimum atomic E-state index is -0.129. The zero-order valence-electron chi connectivity index (χ0n) is 10.1. The number of benzene rings is 1. The molecule has 1 amide bonds. The van der Waals surface area contributed by atoms with E-state index in [0.29, 0.717) is 12.5 Å². The molecule has 4 heteroatoms.